The third kappa shape index (κ3) is 4.15. The number of nitrogens with zero attached hydrogens (tertiary/aromatic N) is 1. The van der Waals surface area contributed by atoms with Gasteiger partial charge in [-0.05, 0) is 42.8 Å². The molecule has 0 aliphatic carbocycles. The van der Waals surface area contributed by atoms with Crippen LogP contribution in [0.2, 0.25) is 0 Å². The number of benzene rings is 2. The number of carbonyl (C=O) groups is 1. The number of aryl methyl sites for hydroxylation is 1. The van der Waals surface area contributed by atoms with E-state index in [-0.39, 0.29) is 24.2 Å². The monoisotopic (exact) mass is 392 g/mol. The first-order chi connectivity index (χ1) is 12.8. The van der Waals surface area contributed by atoms with Gasteiger partial charge in [-0.2, -0.15) is 0 Å². The zero-order valence-electron chi connectivity index (χ0n) is 15.2. The number of hydrogen-bond donors (Lipinski definition) is 1. The molecule has 9 heteroatoms. The topological polar surface area (TPSA) is 94.2 Å². The molecule has 0 fully saturated rings. The predicted molar refractivity (Wildman–Crippen MR) is 98.7 cm³/mol. The van der Waals surface area contributed by atoms with Gasteiger partial charge in [0.25, 0.3) is 5.91 Å². The molecule has 1 aliphatic rings. The van der Waals surface area contributed by atoms with Gasteiger partial charge in [0.05, 0.1) is 4.90 Å². The molecule has 0 aromatic heterocycles. The van der Waals surface area contributed by atoms with Crippen molar-refractivity contribution in [2.24, 2.45) is 0 Å². The minimum absolute atomic E-state index is 0.161. The number of ether oxygens (including phenoxy) is 3. The molecule has 1 heterocycles. The second-order valence-corrected chi connectivity index (χ2v) is 8.27. The number of rotatable bonds is 6. The van der Waals surface area contributed by atoms with Gasteiger partial charge in [-0.3, -0.25) is 4.79 Å². The molecular weight excluding hydrogens is 372 g/mol. The van der Waals surface area contributed by atoms with Gasteiger partial charge in [0.15, 0.2) is 18.1 Å². The molecule has 0 spiro atoms. The summed E-state index contributed by atoms with van der Waals surface area (Å²) < 4.78 is 41.4. The van der Waals surface area contributed by atoms with Crippen LogP contribution in [0.25, 0.3) is 0 Å². The van der Waals surface area contributed by atoms with Gasteiger partial charge in [0.2, 0.25) is 16.8 Å². The Bertz CT molecular complexity index is 972. The van der Waals surface area contributed by atoms with Crippen molar-refractivity contribution in [1.82, 2.24) is 4.31 Å². The van der Waals surface area contributed by atoms with E-state index in [1.807, 2.05) is 0 Å². The second-order valence-electron chi connectivity index (χ2n) is 6.12. The van der Waals surface area contributed by atoms with E-state index >= 15 is 0 Å². The fraction of sp³-hybridized carbons (Fsp3) is 0.278. The summed E-state index contributed by atoms with van der Waals surface area (Å²) in [7, 11) is -0.581. The van der Waals surface area contributed by atoms with Crippen molar-refractivity contribution >= 4 is 21.6 Å². The molecule has 1 aliphatic heterocycles. The first kappa shape index (κ1) is 19.0. The maximum Gasteiger partial charge on any atom is 0.262 e. The third-order valence-electron chi connectivity index (χ3n) is 3.94. The lowest BCUT2D eigenvalue weighted by molar-refractivity contribution is -0.118. The summed E-state index contributed by atoms with van der Waals surface area (Å²) in [6, 6.07) is 9.60. The lowest BCUT2D eigenvalue weighted by Gasteiger charge is -2.14. The summed E-state index contributed by atoms with van der Waals surface area (Å²) in [6.45, 7) is 1.67. The normalized spacial score (nSPS) is 12.9. The molecule has 0 radical (unpaired) electrons. The van der Waals surface area contributed by atoms with Crippen molar-refractivity contribution in [3.63, 3.8) is 0 Å². The first-order valence-electron chi connectivity index (χ1n) is 8.13. The smallest absolute Gasteiger partial charge is 0.262 e. The highest BCUT2D eigenvalue weighted by molar-refractivity contribution is 7.89. The molecule has 0 saturated carbocycles. The second kappa shape index (κ2) is 7.45. The van der Waals surface area contributed by atoms with E-state index in [2.05, 4.69) is 5.32 Å². The van der Waals surface area contributed by atoms with Crippen LogP contribution in [0.15, 0.2) is 41.3 Å². The number of carbonyl (C=O) groups excluding carboxylic acids is 1. The summed E-state index contributed by atoms with van der Waals surface area (Å²) in [5, 5.41) is 2.71. The van der Waals surface area contributed by atoms with E-state index < -0.39 is 10.0 Å². The van der Waals surface area contributed by atoms with Gasteiger partial charge in [-0.25, -0.2) is 12.7 Å². The molecule has 8 nitrogen and oxygen atoms in total. The fourth-order valence-electron chi connectivity index (χ4n) is 2.47. The Kier molecular flexibility index (Phi) is 5.24. The van der Waals surface area contributed by atoms with E-state index in [1.54, 1.807) is 31.2 Å². The van der Waals surface area contributed by atoms with Gasteiger partial charge in [0, 0.05) is 25.8 Å². The van der Waals surface area contributed by atoms with Crippen LogP contribution in [-0.4, -0.2) is 46.1 Å². The van der Waals surface area contributed by atoms with E-state index in [4.69, 9.17) is 14.2 Å². The molecule has 144 valence electrons. The highest BCUT2D eigenvalue weighted by atomic mass is 32.2. The van der Waals surface area contributed by atoms with Crippen LogP contribution in [0.5, 0.6) is 17.2 Å². The summed E-state index contributed by atoms with van der Waals surface area (Å²) in [4.78, 5) is 12.3. The van der Waals surface area contributed by atoms with E-state index in [1.165, 1.54) is 26.2 Å². The van der Waals surface area contributed by atoms with Crippen LogP contribution in [0, 0.1) is 6.92 Å². The average Bonchev–Trinajstić information content (AvgIpc) is 3.08. The molecule has 2 aromatic rings. The van der Waals surface area contributed by atoms with Crippen molar-refractivity contribution in [2.45, 2.75) is 11.8 Å². The van der Waals surface area contributed by atoms with E-state index in [0.717, 1.165) is 4.31 Å². The number of anilines is 1. The predicted octanol–water partition coefficient (Wildman–Crippen LogP) is 1.99. The number of fused-ring (bicyclic) bond motifs is 1. The van der Waals surface area contributed by atoms with E-state index in [0.29, 0.717) is 28.5 Å². The van der Waals surface area contributed by atoms with Crippen LogP contribution < -0.4 is 19.5 Å². The number of nitrogens with one attached hydrogen (secondary N) is 1. The SMILES string of the molecule is Cc1cc(S(=O)(=O)N(C)C)ccc1OCC(=O)Nc1ccc2c(c1)OCO2. The molecule has 0 saturated heterocycles. The number of amides is 1. The molecule has 3 rings (SSSR count). The van der Waals surface area contributed by atoms with Gasteiger partial charge >= 0.3 is 0 Å². The Labute approximate surface area is 157 Å². The zero-order chi connectivity index (χ0) is 19.6. The average molecular weight is 392 g/mol. The van der Waals surface area contributed by atoms with Crippen molar-refractivity contribution in [2.75, 3.05) is 32.8 Å². The lowest BCUT2D eigenvalue weighted by Crippen LogP contribution is -2.22. The maximum atomic E-state index is 12.1. The minimum atomic E-state index is -3.52. The molecule has 0 unspecified atom stereocenters. The zero-order valence-corrected chi connectivity index (χ0v) is 16.0. The fourth-order valence-corrected chi connectivity index (χ4v) is 3.46. The quantitative estimate of drug-likeness (QED) is 0.808. The van der Waals surface area contributed by atoms with Gasteiger partial charge < -0.3 is 19.5 Å². The van der Waals surface area contributed by atoms with Crippen LogP contribution in [-0.2, 0) is 14.8 Å². The van der Waals surface area contributed by atoms with Crippen LogP contribution in [0.3, 0.4) is 0 Å². The van der Waals surface area contributed by atoms with Crippen molar-refractivity contribution < 1.29 is 27.4 Å². The minimum Gasteiger partial charge on any atom is -0.483 e. The van der Waals surface area contributed by atoms with Gasteiger partial charge in [0.1, 0.15) is 5.75 Å². The number of hydrogen-bond acceptors (Lipinski definition) is 6. The summed E-state index contributed by atoms with van der Waals surface area (Å²) in [6.07, 6.45) is 0. The molecule has 1 amide bonds. The highest BCUT2D eigenvalue weighted by Crippen LogP contribution is 2.34. The molecular formula is C18H20N2O6S. The van der Waals surface area contributed by atoms with Gasteiger partial charge in [-0.15, -0.1) is 0 Å². The van der Waals surface area contributed by atoms with Crippen molar-refractivity contribution in [3.8, 4) is 17.2 Å². The summed E-state index contributed by atoms with van der Waals surface area (Å²) >= 11 is 0. The van der Waals surface area contributed by atoms with Gasteiger partial charge in [-0.1, -0.05) is 0 Å². The third-order valence-corrected chi connectivity index (χ3v) is 5.75. The molecule has 27 heavy (non-hydrogen) atoms. The lowest BCUT2D eigenvalue weighted by atomic mass is 10.2. The van der Waals surface area contributed by atoms with Crippen LogP contribution >= 0.6 is 0 Å². The maximum absolute atomic E-state index is 12.1. The van der Waals surface area contributed by atoms with Crippen LogP contribution in [0.1, 0.15) is 5.56 Å². The molecule has 2 aromatic carbocycles. The van der Waals surface area contributed by atoms with Crippen LogP contribution in [0.4, 0.5) is 5.69 Å². The Morgan fingerprint density at radius 1 is 1.15 bits per heavy atom. The Hall–Kier alpha value is -2.78. The molecule has 0 bridgehead atoms. The summed E-state index contributed by atoms with van der Waals surface area (Å²) in [5.74, 6) is 1.29. The van der Waals surface area contributed by atoms with Crippen molar-refractivity contribution in [3.05, 3.63) is 42.0 Å². The van der Waals surface area contributed by atoms with Crippen molar-refractivity contribution in [1.29, 1.82) is 0 Å². The Morgan fingerprint density at radius 2 is 1.89 bits per heavy atom. The Morgan fingerprint density at radius 3 is 2.59 bits per heavy atom. The largest absolute Gasteiger partial charge is 0.483 e. The Balaban J connectivity index is 1.62. The number of sulfonamides is 1. The standard InChI is InChI=1S/C18H20N2O6S/c1-12-8-14(27(22,23)20(2)3)5-7-15(12)24-10-18(21)19-13-4-6-16-17(9-13)26-11-25-16/h4-9H,10-11H2,1-3H3,(H,19,21). The first-order valence-corrected chi connectivity index (χ1v) is 9.57. The molecule has 0 atom stereocenters. The molecule has 1 N–H and O–H groups in total. The summed E-state index contributed by atoms with van der Waals surface area (Å²) in [5.41, 5.74) is 1.19. The highest BCUT2D eigenvalue weighted by Gasteiger charge is 2.18. The van der Waals surface area contributed by atoms with E-state index in [9.17, 15) is 13.2 Å².